The number of hydrogen-bond acceptors (Lipinski definition) is 7. The van der Waals surface area contributed by atoms with Crippen LogP contribution in [0.3, 0.4) is 0 Å². The van der Waals surface area contributed by atoms with Gasteiger partial charge in [0.25, 0.3) is 0 Å². The monoisotopic (exact) mass is 620 g/mol. The largest absolute Gasteiger partial charge is 0.435 e. The molecule has 2 aromatic carbocycles. The second kappa shape index (κ2) is 13.5. The predicted octanol–water partition coefficient (Wildman–Crippen LogP) is 5.22. The lowest BCUT2D eigenvalue weighted by atomic mass is 9.96. The van der Waals surface area contributed by atoms with Crippen molar-refractivity contribution < 1.29 is 35.5 Å². The van der Waals surface area contributed by atoms with Crippen LogP contribution in [-0.4, -0.2) is 49.3 Å². The minimum absolute atomic E-state index is 0.141. The molecule has 0 radical (unpaired) electrons. The van der Waals surface area contributed by atoms with Gasteiger partial charge in [0, 0.05) is 49.1 Å². The molecule has 0 aliphatic carbocycles. The number of hydrogen-bond donors (Lipinski definition) is 4. The van der Waals surface area contributed by atoms with Crippen molar-refractivity contribution >= 4 is 17.2 Å². The van der Waals surface area contributed by atoms with Crippen LogP contribution >= 0.6 is 0 Å². The molecule has 9 nitrogen and oxygen atoms in total. The second-order valence-electron chi connectivity index (χ2n) is 9.66. The normalized spacial score (nSPS) is 18.3. The minimum atomic E-state index is -2.69. The maximum atomic E-state index is 15.4. The average molecular weight is 621 g/mol. The molecule has 1 fully saturated rings. The van der Waals surface area contributed by atoms with Gasteiger partial charge in [-0.25, -0.2) is 41.4 Å². The van der Waals surface area contributed by atoms with E-state index in [1.54, 1.807) is 24.3 Å². The summed E-state index contributed by atoms with van der Waals surface area (Å²) < 4.78 is 101. The average Bonchev–Trinajstić information content (AvgIpc) is 3.00. The molecule has 226 valence electrons. The molecule has 3 heterocycles. The fourth-order valence-electron chi connectivity index (χ4n) is 4.78. The Labute approximate surface area is 245 Å². The Morgan fingerprint density at radius 2 is 1.79 bits per heavy atom. The van der Waals surface area contributed by atoms with Gasteiger partial charge < -0.3 is 15.4 Å². The van der Waals surface area contributed by atoms with Gasteiger partial charge in [0.2, 0.25) is 35.3 Å². The van der Waals surface area contributed by atoms with E-state index in [1.165, 1.54) is 36.7 Å². The van der Waals surface area contributed by atoms with Crippen molar-refractivity contribution in [1.29, 1.82) is 0 Å². The van der Waals surface area contributed by atoms with Gasteiger partial charge in [-0.2, -0.15) is 4.39 Å². The van der Waals surface area contributed by atoms with Gasteiger partial charge in [-0.05, 0) is 30.2 Å². The highest BCUT2D eigenvalue weighted by molar-refractivity contribution is 7.77. The Kier molecular flexibility index (Phi) is 9.55. The van der Waals surface area contributed by atoms with Crippen LogP contribution in [0.5, 0.6) is 11.6 Å². The van der Waals surface area contributed by atoms with Crippen LogP contribution in [0, 0.1) is 23.4 Å². The molecule has 0 spiro atoms. The Hall–Kier alpha value is -4.05. The smallest absolute Gasteiger partial charge is 0.242 e. The number of rotatable bonds is 10. The van der Waals surface area contributed by atoms with E-state index in [0.717, 1.165) is 0 Å². The Morgan fingerprint density at radius 1 is 1.00 bits per heavy atom. The standard InChI is InChI=1S/C28H25F5N6O3S/c29-19-12-21(23(30)24(31)22(19)25(39-43(40)41)15-5-2-1-3-6-15)42-27-18(7-4-9-35-27)20-8-10-36-28(38-20)37-17-11-16(26(32)33)13-34-14-17/h1-10,12,16-17,25-26,34,39H,11,13-14H2,(H,40,41)(H,36,37,38). The first-order valence-corrected chi connectivity index (χ1v) is 14.1. The predicted molar refractivity (Wildman–Crippen MR) is 148 cm³/mol. The lowest BCUT2D eigenvalue weighted by Crippen LogP contribution is -2.45. The molecule has 4 aromatic rings. The molecule has 1 saturated heterocycles. The number of aromatic nitrogens is 3. The lowest BCUT2D eigenvalue weighted by Gasteiger charge is -2.30. The number of alkyl halides is 2. The summed E-state index contributed by atoms with van der Waals surface area (Å²) in [5.74, 6) is -6.16. The zero-order valence-corrected chi connectivity index (χ0v) is 23.0. The first-order chi connectivity index (χ1) is 20.7. The summed E-state index contributed by atoms with van der Waals surface area (Å²) in [5, 5.41) is 5.99. The van der Waals surface area contributed by atoms with E-state index in [-0.39, 0.29) is 47.7 Å². The molecular weight excluding hydrogens is 595 g/mol. The van der Waals surface area contributed by atoms with E-state index in [1.807, 2.05) is 0 Å². The number of piperidine rings is 1. The number of nitrogens with zero attached hydrogens (tertiary/aromatic N) is 3. The SMILES string of the molecule is O=S(O)NC(c1ccccc1)c1c(F)cc(Oc2ncccc2-c2ccnc(NC3CNCC(C(F)F)C3)n2)c(F)c1F. The van der Waals surface area contributed by atoms with Gasteiger partial charge in [-0.3, -0.25) is 4.55 Å². The van der Waals surface area contributed by atoms with E-state index in [4.69, 9.17) is 4.74 Å². The fraction of sp³-hybridized carbons (Fsp3) is 0.250. The van der Waals surface area contributed by atoms with E-state index in [9.17, 15) is 17.5 Å². The van der Waals surface area contributed by atoms with Crippen molar-refractivity contribution in [2.45, 2.75) is 24.9 Å². The molecule has 4 unspecified atom stereocenters. The summed E-state index contributed by atoms with van der Waals surface area (Å²) in [4.78, 5) is 12.6. The summed E-state index contributed by atoms with van der Waals surface area (Å²) in [5.41, 5.74) is -0.127. The second-order valence-corrected chi connectivity index (χ2v) is 10.4. The third-order valence-electron chi connectivity index (χ3n) is 6.78. The number of halogens is 5. The first-order valence-electron chi connectivity index (χ1n) is 13.0. The third kappa shape index (κ3) is 7.13. The molecule has 4 N–H and O–H groups in total. The molecule has 15 heteroatoms. The van der Waals surface area contributed by atoms with Crippen LogP contribution in [0.15, 0.2) is 67.0 Å². The van der Waals surface area contributed by atoms with Crippen molar-refractivity contribution in [2.24, 2.45) is 5.92 Å². The molecule has 1 aliphatic rings. The van der Waals surface area contributed by atoms with E-state index in [2.05, 4.69) is 30.3 Å². The van der Waals surface area contributed by atoms with Crippen LogP contribution in [0.4, 0.5) is 27.9 Å². The first kappa shape index (κ1) is 30.4. The number of benzene rings is 2. The molecule has 2 aromatic heterocycles. The molecule has 5 rings (SSSR count). The van der Waals surface area contributed by atoms with Crippen molar-refractivity contribution in [2.75, 3.05) is 18.4 Å². The van der Waals surface area contributed by atoms with Crippen molar-refractivity contribution in [1.82, 2.24) is 25.0 Å². The highest BCUT2D eigenvalue weighted by Crippen LogP contribution is 2.37. The molecule has 4 atom stereocenters. The van der Waals surface area contributed by atoms with Gasteiger partial charge in [-0.15, -0.1) is 0 Å². The zero-order valence-electron chi connectivity index (χ0n) is 22.2. The summed E-state index contributed by atoms with van der Waals surface area (Å²) in [6.07, 6.45) is 0.477. The van der Waals surface area contributed by atoms with Gasteiger partial charge >= 0.3 is 0 Å². The van der Waals surface area contributed by atoms with Crippen LogP contribution in [0.2, 0.25) is 0 Å². The maximum Gasteiger partial charge on any atom is 0.242 e. The van der Waals surface area contributed by atoms with E-state index >= 15 is 13.2 Å². The Morgan fingerprint density at radius 3 is 2.53 bits per heavy atom. The summed E-state index contributed by atoms with van der Waals surface area (Å²) in [7, 11) is 0. The summed E-state index contributed by atoms with van der Waals surface area (Å²) >= 11 is -2.69. The van der Waals surface area contributed by atoms with Crippen molar-refractivity contribution in [3.8, 4) is 22.9 Å². The highest BCUT2D eigenvalue weighted by Gasteiger charge is 2.30. The van der Waals surface area contributed by atoms with Gasteiger partial charge in [0.1, 0.15) is 5.82 Å². The number of anilines is 1. The topological polar surface area (TPSA) is 121 Å². The lowest BCUT2D eigenvalue weighted by molar-refractivity contribution is 0.0606. The Bertz CT molecular complexity index is 1600. The van der Waals surface area contributed by atoms with Gasteiger partial charge in [0.05, 0.1) is 17.3 Å². The molecule has 0 bridgehead atoms. The number of nitrogens with one attached hydrogen (secondary N) is 3. The maximum absolute atomic E-state index is 15.4. The van der Waals surface area contributed by atoms with Crippen LogP contribution < -0.4 is 20.1 Å². The molecule has 0 amide bonds. The fourth-order valence-corrected chi connectivity index (χ4v) is 5.23. The van der Waals surface area contributed by atoms with Gasteiger partial charge in [-0.1, -0.05) is 30.3 Å². The number of ether oxygens (including phenoxy) is 1. The van der Waals surface area contributed by atoms with E-state index < -0.39 is 58.4 Å². The molecule has 1 aliphatic heterocycles. The van der Waals surface area contributed by atoms with Crippen LogP contribution in [0.1, 0.15) is 23.6 Å². The van der Waals surface area contributed by atoms with Crippen molar-refractivity contribution in [3.05, 3.63) is 95.6 Å². The third-order valence-corrected chi connectivity index (χ3v) is 7.22. The summed E-state index contributed by atoms with van der Waals surface area (Å²) in [6.45, 7) is 0.634. The molecule has 0 saturated carbocycles. The molecular formula is C28H25F5N6O3S. The Balaban J connectivity index is 1.43. The molecule has 43 heavy (non-hydrogen) atoms. The van der Waals surface area contributed by atoms with E-state index in [0.29, 0.717) is 12.6 Å². The highest BCUT2D eigenvalue weighted by atomic mass is 32.2. The number of pyridine rings is 1. The van der Waals surface area contributed by atoms with Crippen LogP contribution in [0.25, 0.3) is 11.3 Å². The summed E-state index contributed by atoms with van der Waals surface area (Å²) in [6, 6.07) is 11.0. The van der Waals surface area contributed by atoms with Crippen LogP contribution in [-0.2, 0) is 11.3 Å². The quantitative estimate of drug-likeness (QED) is 0.108. The van der Waals surface area contributed by atoms with Crippen molar-refractivity contribution in [3.63, 3.8) is 0 Å². The zero-order chi connectivity index (χ0) is 30.5. The van der Waals surface area contributed by atoms with Gasteiger partial charge in [0.15, 0.2) is 11.6 Å². The minimum Gasteiger partial charge on any atom is -0.435 e.